The first-order chi connectivity index (χ1) is 13.3. The van der Waals surface area contributed by atoms with Gasteiger partial charge in [-0.1, -0.05) is 49.8 Å². The molecule has 0 radical (unpaired) electrons. The zero-order valence-corrected chi connectivity index (χ0v) is 17.0. The van der Waals surface area contributed by atoms with E-state index in [9.17, 15) is 14.4 Å². The standard InChI is InChI=1S/C22H28O6/c1-6-7-8-9-19(23)28-15-10-11-16-17(14(2)3)13-22(18(16)12-15,20(24)26-4)21(25)27-5/h6-11,13-16,18H,12H2,1-5H3/b7-6+,9-8+/t15-,16+,18+/m0/s1. The molecule has 2 aliphatic rings. The van der Waals surface area contributed by atoms with E-state index in [0.717, 1.165) is 5.57 Å². The van der Waals surface area contributed by atoms with Crippen molar-refractivity contribution in [2.75, 3.05) is 14.2 Å². The zero-order valence-electron chi connectivity index (χ0n) is 17.0. The van der Waals surface area contributed by atoms with Crippen molar-refractivity contribution in [1.29, 1.82) is 0 Å². The van der Waals surface area contributed by atoms with Crippen molar-refractivity contribution in [2.45, 2.75) is 33.3 Å². The first kappa shape index (κ1) is 21.7. The highest BCUT2D eigenvalue weighted by atomic mass is 16.6. The van der Waals surface area contributed by atoms with Crippen molar-refractivity contribution < 1.29 is 28.6 Å². The summed E-state index contributed by atoms with van der Waals surface area (Å²) in [5, 5.41) is 0. The summed E-state index contributed by atoms with van der Waals surface area (Å²) >= 11 is 0. The van der Waals surface area contributed by atoms with Gasteiger partial charge in [-0.15, -0.1) is 0 Å². The molecule has 0 N–H and O–H groups in total. The molecular weight excluding hydrogens is 360 g/mol. The fraction of sp³-hybridized carbons (Fsp3) is 0.500. The Labute approximate surface area is 165 Å². The smallest absolute Gasteiger partial charge is 0.331 e. The average Bonchev–Trinajstić information content (AvgIpc) is 3.03. The summed E-state index contributed by atoms with van der Waals surface area (Å²) in [5.74, 6) is -2.21. The molecule has 3 atom stereocenters. The fourth-order valence-corrected chi connectivity index (χ4v) is 4.05. The maximum atomic E-state index is 12.7. The van der Waals surface area contributed by atoms with Crippen LogP contribution >= 0.6 is 0 Å². The van der Waals surface area contributed by atoms with E-state index in [0.29, 0.717) is 6.42 Å². The number of allylic oxidation sites excluding steroid dienone is 5. The number of hydrogen-bond acceptors (Lipinski definition) is 6. The third-order valence-corrected chi connectivity index (χ3v) is 5.33. The quantitative estimate of drug-likeness (QED) is 0.174. The molecule has 152 valence electrons. The number of carbonyl (C=O) groups excluding carboxylic acids is 3. The molecule has 6 nitrogen and oxygen atoms in total. The minimum atomic E-state index is -1.54. The van der Waals surface area contributed by atoms with Gasteiger partial charge in [0.25, 0.3) is 0 Å². The minimum Gasteiger partial charge on any atom is -0.468 e. The van der Waals surface area contributed by atoms with Gasteiger partial charge in [0.2, 0.25) is 0 Å². The minimum absolute atomic E-state index is 0.119. The van der Waals surface area contributed by atoms with Gasteiger partial charge >= 0.3 is 17.9 Å². The Morgan fingerprint density at radius 3 is 2.29 bits per heavy atom. The first-order valence-corrected chi connectivity index (χ1v) is 9.39. The van der Waals surface area contributed by atoms with Crippen LogP contribution < -0.4 is 0 Å². The SMILES string of the molecule is C/C=C/C=C/C(=O)O[C@H]1C=C[C@@H]2C(C(C)C)=CC(C(=O)OC)(C(=O)OC)[C@@H]2C1. The molecule has 0 saturated heterocycles. The third-order valence-electron chi connectivity index (χ3n) is 5.33. The Balaban J connectivity index is 2.37. The zero-order chi connectivity index (χ0) is 20.9. The highest BCUT2D eigenvalue weighted by molar-refractivity contribution is 6.03. The van der Waals surface area contributed by atoms with Gasteiger partial charge in [-0.2, -0.15) is 0 Å². The Bertz CT molecular complexity index is 724. The largest absolute Gasteiger partial charge is 0.468 e. The molecule has 0 aromatic carbocycles. The average molecular weight is 388 g/mol. The lowest BCUT2D eigenvalue weighted by Crippen LogP contribution is -2.47. The van der Waals surface area contributed by atoms with Gasteiger partial charge in [-0.05, 0) is 25.3 Å². The third kappa shape index (κ3) is 3.96. The van der Waals surface area contributed by atoms with Crippen LogP contribution in [0.3, 0.4) is 0 Å². The van der Waals surface area contributed by atoms with E-state index in [1.54, 1.807) is 24.3 Å². The number of methoxy groups -OCH3 is 2. The predicted molar refractivity (Wildman–Crippen MR) is 104 cm³/mol. The summed E-state index contributed by atoms with van der Waals surface area (Å²) in [6.45, 7) is 5.87. The molecule has 2 rings (SSSR count). The monoisotopic (exact) mass is 388 g/mol. The number of ether oxygens (including phenoxy) is 3. The lowest BCUT2D eigenvalue weighted by Gasteiger charge is -2.36. The van der Waals surface area contributed by atoms with Crippen LogP contribution in [0.15, 0.2) is 48.1 Å². The van der Waals surface area contributed by atoms with E-state index in [4.69, 9.17) is 14.2 Å². The molecule has 0 amide bonds. The lowest BCUT2D eigenvalue weighted by atomic mass is 9.69. The topological polar surface area (TPSA) is 78.9 Å². The highest BCUT2D eigenvalue weighted by Gasteiger charge is 2.60. The van der Waals surface area contributed by atoms with Crippen LogP contribution in [-0.4, -0.2) is 38.2 Å². The van der Waals surface area contributed by atoms with E-state index in [-0.39, 0.29) is 11.8 Å². The molecule has 0 aromatic heterocycles. The van der Waals surface area contributed by atoms with E-state index in [1.807, 2.05) is 32.9 Å². The Kier molecular flexibility index (Phi) is 7.00. The number of esters is 3. The Morgan fingerprint density at radius 2 is 1.75 bits per heavy atom. The summed E-state index contributed by atoms with van der Waals surface area (Å²) in [7, 11) is 2.51. The van der Waals surface area contributed by atoms with Gasteiger partial charge in [0.15, 0.2) is 5.41 Å². The van der Waals surface area contributed by atoms with Crippen LogP contribution in [-0.2, 0) is 28.6 Å². The number of fused-ring (bicyclic) bond motifs is 1. The molecule has 0 saturated carbocycles. The first-order valence-electron chi connectivity index (χ1n) is 9.39. The maximum Gasteiger partial charge on any atom is 0.331 e. The van der Waals surface area contributed by atoms with Crippen molar-refractivity contribution in [3.63, 3.8) is 0 Å². The number of rotatable bonds is 6. The molecule has 2 aliphatic carbocycles. The van der Waals surface area contributed by atoms with Gasteiger partial charge in [0.1, 0.15) is 6.10 Å². The van der Waals surface area contributed by atoms with Gasteiger partial charge in [-0.25, -0.2) is 4.79 Å². The lowest BCUT2D eigenvalue weighted by molar-refractivity contribution is -0.170. The van der Waals surface area contributed by atoms with Crippen LogP contribution in [0, 0.1) is 23.2 Å². The van der Waals surface area contributed by atoms with Gasteiger partial charge < -0.3 is 14.2 Å². The van der Waals surface area contributed by atoms with E-state index >= 15 is 0 Å². The van der Waals surface area contributed by atoms with E-state index in [2.05, 4.69) is 0 Å². The predicted octanol–water partition coefficient (Wildman–Crippen LogP) is 3.15. The van der Waals surface area contributed by atoms with E-state index in [1.165, 1.54) is 20.3 Å². The number of carbonyl (C=O) groups is 3. The second kappa shape index (κ2) is 9.04. The molecule has 0 bridgehead atoms. The van der Waals surface area contributed by atoms with Crippen LogP contribution in [0.1, 0.15) is 27.2 Å². The van der Waals surface area contributed by atoms with Crippen molar-refractivity contribution >= 4 is 17.9 Å². The molecule has 6 heteroatoms. The second-order valence-corrected chi connectivity index (χ2v) is 7.26. The van der Waals surface area contributed by atoms with E-state index < -0.39 is 35.3 Å². The summed E-state index contributed by atoms with van der Waals surface area (Å²) in [4.78, 5) is 37.5. The molecule has 28 heavy (non-hydrogen) atoms. The van der Waals surface area contributed by atoms with Crippen molar-refractivity contribution in [2.24, 2.45) is 23.2 Å². The van der Waals surface area contributed by atoms with Crippen LogP contribution in [0.4, 0.5) is 0 Å². The number of hydrogen-bond donors (Lipinski definition) is 0. The highest BCUT2D eigenvalue weighted by Crippen LogP contribution is 2.53. The maximum absolute atomic E-state index is 12.7. The molecule has 0 heterocycles. The molecule has 0 spiro atoms. The van der Waals surface area contributed by atoms with Gasteiger partial charge in [0, 0.05) is 17.9 Å². The Morgan fingerprint density at radius 1 is 1.11 bits per heavy atom. The van der Waals surface area contributed by atoms with Crippen molar-refractivity contribution in [1.82, 2.24) is 0 Å². The van der Waals surface area contributed by atoms with Gasteiger partial charge in [-0.3, -0.25) is 9.59 Å². The summed E-state index contributed by atoms with van der Waals surface area (Å²) in [6.07, 6.45) is 11.7. The van der Waals surface area contributed by atoms with Crippen molar-refractivity contribution in [3.8, 4) is 0 Å². The molecule has 0 aromatic rings. The fourth-order valence-electron chi connectivity index (χ4n) is 4.05. The molecule has 0 aliphatic heterocycles. The molecule has 0 fully saturated rings. The summed E-state index contributed by atoms with van der Waals surface area (Å²) in [5.41, 5.74) is -0.556. The second-order valence-electron chi connectivity index (χ2n) is 7.26. The Hall–Kier alpha value is -2.63. The summed E-state index contributed by atoms with van der Waals surface area (Å²) in [6, 6.07) is 0. The van der Waals surface area contributed by atoms with Crippen LogP contribution in [0.2, 0.25) is 0 Å². The molecule has 0 unspecified atom stereocenters. The van der Waals surface area contributed by atoms with Crippen molar-refractivity contribution in [3.05, 3.63) is 48.1 Å². The van der Waals surface area contributed by atoms with Crippen LogP contribution in [0.25, 0.3) is 0 Å². The summed E-state index contributed by atoms with van der Waals surface area (Å²) < 4.78 is 15.5. The molecular formula is C22H28O6. The normalized spacial score (nSPS) is 25.6. The van der Waals surface area contributed by atoms with Crippen LogP contribution in [0.5, 0.6) is 0 Å². The van der Waals surface area contributed by atoms with Gasteiger partial charge in [0.05, 0.1) is 14.2 Å².